The minimum atomic E-state index is -0.601. The molecule has 0 spiro atoms. The van der Waals surface area contributed by atoms with Crippen molar-refractivity contribution in [3.8, 4) is 0 Å². The van der Waals surface area contributed by atoms with Crippen LogP contribution in [-0.2, 0) is 14.3 Å². The van der Waals surface area contributed by atoms with Crippen LogP contribution in [0.25, 0.3) is 6.08 Å². The highest BCUT2D eigenvalue weighted by Crippen LogP contribution is 2.31. The molecule has 2 aromatic carbocycles. The summed E-state index contributed by atoms with van der Waals surface area (Å²) in [5.41, 5.74) is 2.79. The number of carbonyl (C=O) groups is 3. The third kappa shape index (κ3) is 5.30. The molecule has 2 aromatic rings. The van der Waals surface area contributed by atoms with Gasteiger partial charge < -0.3 is 10.1 Å². The second-order valence-electron chi connectivity index (χ2n) is 6.35. The first-order valence-electron chi connectivity index (χ1n) is 8.69. The van der Waals surface area contributed by atoms with Crippen molar-refractivity contribution in [2.24, 2.45) is 0 Å². The SMILES string of the molecule is Cc1ccc(NC(=O)COC(=O)c2ccc(/C=C3/SC(=S)N(C)C3=O)cc2)cc1. The van der Waals surface area contributed by atoms with Gasteiger partial charge in [-0.2, -0.15) is 0 Å². The number of nitrogens with zero attached hydrogens (tertiary/aromatic N) is 1. The average molecular weight is 427 g/mol. The monoisotopic (exact) mass is 426 g/mol. The van der Waals surface area contributed by atoms with Crippen LogP contribution >= 0.6 is 24.0 Å². The molecule has 8 heteroatoms. The molecule has 29 heavy (non-hydrogen) atoms. The minimum absolute atomic E-state index is 0.150. The van der Waals surface area contributed by atoms with Gasteiger partial charge in [-0.05, 0) is 42.8 Å². The molecule has 0 atom stereocenters. The zero-order valence-electron chi connectivity index (χ0n) is 15.8. The Hall–Kier alpha value is -2.97. The molecule has 0 aromatic heterocycles. The maximum Gasteiger partial charge on any atom is 0.338 e. The number of nitrogens with one attached hydrogen (secondary N) is 1. The Morgan fingerprint density at radius 3 is 2.38 bits per heavy atom. The van der Waals surface area contributed by atoms with Crippen LogP contribution in [0.2, 0.25) is 0 Å². The largest absolute Gasteiger partial charge is 0.452 e. The molecule has 6 nitrogen and oxygen atoms in total. The smallest absolute Gasteiger partial charge is 0.338 e. The number of rotatable bonds is 5. The average Bonchev–Trinajstić information content (AvgIpc) is 2.95. The van der Waals surface area contributed by atoms with Crippen molar-refractivity contribution in [1.82, 2.24) is 4.90 Å². The van der Waals surface area contributed by atoms with E-state index >= 15 is 0 Å². The van der Waals surface area contributed by atoms with E-state index in [2.05, 4.69) is 5.32 Å². The molecule has 1 N–H and O–H groups in total. The van der Waals surface area contributed by atoms with Crippen LogP contribution in [0, 0.1) is 6.92 Å². The van der Waals surface area contributed by atoms with Crippen LogP contribution in [0.5, 0.6) is 0 Å². The molecule has 1 saturated heterocycles. The topological polar surface area (TPSA) is 75.7 Å². The van der Waals surface area contributed by atoms with Crippen molar-refractivity contribution in [3.63, 3.8) is 0 Å². The maximum atomic E-state index is 12.1. The summed E-state index contributed by atoms with van der Waals surface area (Å²) in [6.45, 7) is 1.57. The number of aryl methyl sites for hydroxylation is 1. The highest BCUT2D eigenvalue weighted by atomic mass is 32.2. The van der Waals surface area contributed by atoms with Crippen molar-refractivity contribution in [2.75, 3.05) is 19.0 Å². The predicted octanol–water partition coefficient (Wildman–Crippen LogP) is 3.62. The van der Waals surface area contributed by atoms with Crippen molar-refractivity contribution >= 4 is 57.8 Å². The minimum Gasteiger partial charge on any atom is -0.452 e. The molecule has 0 bridgehead atoms. The fourth-order valence-electron chi connectivity index (χ4n) is 2.46. The third-order valence-electron chi connectivity index (χ3n) is 4.10. The highest BCUT2D eigenvalue weighted by molar-refractivity contribution is 8.26. The molecular weight excluding hydrogens is 408 g/mol. The fourth-order valence-corrected chi connectivity index (χ4v) is 3.64. The Labute approximate surface area is 177 Å². The molecule has 1 heterocycles. The lowest BCUT2D eigenvalue weighted by molar-refractivity contribution is -0.121. The van der Waals surface area contributed by atoms with Crippen molar-refractivity contribution in [1.29, 1.82) is 0 Å². The molecule has 1 aliphatic rings. The number of amides is 2. The van der Waals surface area contributed by atoms with Gasteiger partial charge in [0.2, 0.25) is 0 Å². The van der Waals surface area contributed by atoms with Gasteiger partial charge in [-0.3, -0.25) is 14.5 Å². The molecule has 1 fully saturated rings. The van der Waals surface area contributed by atoms with Crippen molar-refractivity contribution in [2.45, 2.75) is 6.92 Å². The summed E-state index contributed by atoms with van der Waals surface area (Å²) in [5, 5.41) is 2.66. The standard InChI is InChI=1S/C21H18N2O4S2/c1-13-3-9-16(10-4-13)22-18(24)12-27-20(26)15-7-5-14(6-8-15)11-17-19(25)23(2)21(28)29-17/h3-11H,12H2,1-2H3,(H,22,24)/b17-11+. The third-order valence-corrected chi connectivity index (χ3v) is 5.59. The van der Waals surface area contributed by atoms with E-state index in [0.29, 0.717) is 20.5 Å². The fraction of sp³-hybridized carbons (Fsp3) is 0.143. The lowest BCUT2D eigenvalue weighted by Gasteiger charge is -2.07. The lowest BCUT2D eigenvalue weighted by Crippen LogP contribution is -2.22. The summed E-state index contributed by atoms with van der Waals surface area (Å²) in [7, 11) is 1.63. The Bertz CT molecular complexity index is 998. The van der Waals surface area contributed by atoms with Gasteiger partial charge >= 0.3 is 5.97 Å². The molecule has 1 aliphatic heterocycles. The van der Waals surface area contributed by atoms with Crippen LogP contribution in [-0.4, -0.2) is 40.7 Å². The van der Waals surface area contributed by atoms with Crippen LogP contribution < -0.4 is 5.32 Å². The van der Waals surface area contributed by atoms with E-state index in [1.165, 1.54) is 16.7 Å². The summed E-state index contributed by atoms with van der Waals surface area (Å²) in [6.07, 6.45) is 1.72. The maximum absolute atomic E-state index is 12.1. The lowest BCUT2D eigenvalue weighted by atomic mass is 10.1. The van der Waals surface area contributed by atoms with E-state index in [4.69, 9.17) is 17.0 Å². The number of likely N-dealkylation sites (N-methyl/N-ethyl adjacent to an activating group) is 1. The Morgan fingerprint density at radius 2 is 1.79 bits per heavy atom. The second kappa shape index (κ2) is 9.02. The number of esters is 1. The van der Waals surface area contributed by atoms with E-state index in [1.54, 1.807) is 49.5 Å². The van der Waals surface area contributed by atoms with Gasteiger partial charge in [-0.15, -0.1) is 0 Å². The zero-order chi connectivity index (χ0) is 21.0. The van der Waals surface area contributed by atoms with Crippen LogP contribution in [0.15, 0.2) is 53.4 Å². The van der Waals surface area contributed by atoms with Crippen molar-refractivity contribution in [3.05, 3.63) is 70.1 Å². The molecular formula is C21H18N2O4S2. The summed E-state index contributed by atoms with van der Waals surface area (Å²) in [6, 6.07) is 13.9. The zero-order valence-corrected chi connectivity index (χ0v) is 17.4. The molecule has 2 amide bonds. The van der Waals surface area contributed by atoms with Gasteiger partial charge in [0.25, 0.3) is 11.8 Å². The summed E-state index contributed by atoms with van der Waals surface area (Å²) >= 11 is 6.33. The Morgan fingerprint density at radius 1 is 1.14 bits per heavy atom. The Balaban J connectivity index is 1.55. The molecule has 0 saturated carbocycles. The number of hydrogen-bond acceptors (Lipinski definition) is 6. The Kier molecular flexibility index (Phi) is 6.46. The normalized spacial score (nSPS) is 15.0. The van der Waals surface area contributed by atoms with Gasteiger partial charge in [0.05, 0.1) is 10.5 Å². The van der Waals surface area contributed by atoms with Crippen LogP contribution in [0.4, 0.5) is 5.69 Å². The van der Waals surface area contributed by atoms with E-state index in [1.807, 2.05) is 19.1 Å². The van der Waals surface area contributed by atoms with Crippen molar-refractivity contribution < 1.29 is 19.1 Å². The first-order valence-corrected chi connectivity index (χ1v) is 9.91. The number of carbonyl (C=O) groups excluding carboxylic acids is 3. The summed E-state index contributed by atoms with van der Waals surface area (Å²) in [5.74, 6) is -1.17. The molecule has 0 radical (unpaired) electrons. The highest BCUT2D eigenvalue weighted by Gasteiger charge is 2.28. The molecule has 0 aliphatic carbocycles. The summed E-state index contributed by atoms with van der Waals surface area (Å²) < 4.78 is 5.56. The van der Waals surface area contributed by atoms with Crippen LogP contribution in [0.3, 0.4) is 0 Å². The number of thioether (sulfide) groups is 1. The molecule has 0 unspecified atom stereocenters. The predicted molar refractivity (Wildman–Crippen MR) is 117 cm³/mol. The van der Waals surface area contributed by atoms with Gasteiger partial charge in [0.15, 0.2) is 6.61 Å². The molecule has 148 valence electrons. The van der Waals surface area contributed by atoms with E-state index in [-0.39, 0.29) is 12.5 Å². The van der Waals surface area contributed by atoms with E-state index in [9.17, 15) is 14.4 Å². The summed E-state index contributed by atoms with van der Waals surface area (Å²) in [4.78, 5) is 38.0. The van der Waals surface area contributed by atoms with Crippen LogP contribution in [0.1, 0.15) is 21.5 Å². The number of anilines is 1. The quantitative estimate of drug-likeness (QED) is 0.447. The number of benzene rings is 2. The number of hydrogen-bond donors (Lipinski definition) is 1. The van der Waals surface area contributed by atoms with E-state index < -0.39 is 11.9 Å². The number of thiocarbonyl (C=S) groups is 1. The number of ether oxygens (including phenoxy) is 1. The van der Waals surface area contributed by atoms with Gasteiger partial charge in [-0.1, -0.05) is 53.8 Å². The van der Waals surface area contributed by atoms with Gasteiger partial charge in [-0.25, -0.2) is 4.79 Å². The first kappa shape index (κ1) is 20.8. The first-order chi connectivity index (χ1) is 13.8. The van der Waals surface area contributed by atoms with Gasteiger partial charge in [0.1, 0.15) is 4.32 Å². The second-order valence-corrected chi connectivity index (χ2v) is 8.03. The van der Waals surface area contributed by atoms with E-state index in [0.717, 1.165) is 11.1 Å². The van der Waals surface area contributed by atoms with Gasteiger partial charge in [0, 0.05) is 12.7 Å². The molecule has 3 rings (SSSR count).